The van der Waals surface area contributed by atoms with E-state index < -0.39 is 0 Å². The fourth-order valence-electron chi connectivity index (χ4n) is 1.72. The average molecular weight is 230 g/mol. The van der Waals surface area contributed by atoms with Gasteiger partial charge in [0, 0.05) is 37.9 Å². The molecule has 17 heavy (non-hydrogen) atoms. The van der Waals surface area contributed by atoms with Gasteiger partial charge in [0.2, 0.25) is 0 Å². The first-order chi connectivity index (χ1) is 8.08. The molecule has 0 atom stereocenters. The van der Waals surface area contributed by atoms with Crippen LogP contribution in [-0.2, 0) is 13.6 Å². The molecule has 2 N–H and O–H groups in total. The molecule has 2 rings (SSSR count). The molecule has 0 fully saturated rings. The van der Waals surface area contributed by atoms with E-state index in [1.54, 1.807) is 0 Å². The molecule has 4 heteroatoms. The quantitative estimate of drug-likeness (QED) is 0.820. The van der Waals surface area contributed by atoms with Crippen LogP contribution in [0.5, 0.6) is 0 Å². The monoisotopic (exact) mass is 230 g/mol. The van der Waals surface area contributed by atoms with Crippen molar-refractivity contribution in [3.05, 3.63) is 42.0 Å². The number of hydrogen-bond donors (Lipinski definition) is 1. The number of nitrogens with two attached hydrogens (primary N) is 1. The van der Waals surface area contributed by atoms with Gasteiger partial charge in [0.05, 0.1) is 6.54 Å². The van der Waals surface area contributed by atoms with Gasteiger partial charge in [-0.3, -0.25) is 0 Å². The number of aromatic nitrogens is 2. The molecule has 0 spiro atoms. The molecule has 0 bridgehead atoms. The van der Waals surface area contributed by atoms with Crippen LogP contribution >= 0.6 is 0 Å². The van der Waals surface area contributed by atoms with Crippen molar-refractivity contribution < 1.29 is 0 Å². The van der Waals surface area contributed by atoms with Crippen molar-refractivity contribution in [1.29, 1.82) is 0 Å². The molecule has 0 aliphatic rings. The van der Waals surface area contributed by atoms with Crippen LogP contribution in [0.1, 0.15) is 11.4 Å². The number of anilines is 2. The van der Waals surface area contributed by atoms with Gasteiger partial charge < -0.3 is 15.2 Å². The van der Waals surface area contributed by atoms with E-state index in [0.717, 1.165) is 29.3 Å². The van der Waals surface area contributed by atoms with Crippen LogP contribution < -0.4 is 10.6 Å². The van der Waals surface area contributed by atoms with E-state index in [2.05, 4.69) is 16.0 Å². The number of hydrogen-bond acceptors (Lipinski definition) is 3. The summed E-state index contributed by atoms with van der Waals surface area (Å²) in [7, 11) is 4.04. The Labute approximate surface area is 102 Å². The van der Waals surface area contributed by atoms with Gasteiger partial charge in [0.25, 0.3) is 0 Å². The minimum atomic E-state index is 0.770. The molecule has 0 aliphatic heterocycles. The summed E-state index contributed by atoms with van der Waals surface area (Å²) >= 11 is 0. The second-order valence-corrected chi connectivity index (χ2v) is 4.35. The van der Waals surface area contributed by atoms with Crippen LogP contribution in [0.4, 0.5) is 11.4 Å². The van der Waals surface area contributed by atoms with Crippen LogP contribution in [-0.4, -0.2) is 16.6 Å². The van der Waals surface area contributed by atoms with Crippen LogP contribution in [0.2, 0.25) is 0 Å². The minimum absolute atomic E-state index is 0.770. The summed E-state index contributed by atoms with van der Waals surface area (Å²) in [6.07, 6.45) is 3.76. The van der Waals surface area contributed by atoms with Crippen molar-refractivity contribution in [1.82, 2.24) is 9.55 Å². The first kappa shape index (κ1) is 11.5. The lowest BCUT2D eigenvalue weighted by molar-refractivity contribution is 0.762. The zero-order chi connectivity index (χ0) is 12.4. The van der Waals surface area contributed by atoms with Crippen LogP contribution in [0.15, 0.2) is 30.6 Å². The van der Waals surface area contributed by atoms with E-state index in [0.29, 0.717) is 0 Å². The molecule has 0 radical (unpaired) electrons. The lowest BCUT2D eigenvalue weighted by Crippen LogP contribution is -2.19. The minimum Gasteiger partial charge on any atom is -0.398 e. The van der Waals surface area contributed by atoms with Crippen molar-refractivity contribution in [3.8, 4) is 0 Å². The van der Waals surface area contributed by atoms with Crippen LogP contribution in [0.25, 0.3) is 0 Å². The number of aryl methyl sites for hydroxylation is 2. The third kappa shape index (κ3) is 2.41. The molecular weight excluding hydrogens is 212 g/mol. The second kappa shape index (κ2) is 4.49. The first-order valence-electron chi connectivity index (χ1n) is 5.61. The predicted octanol–water partition coefficient (Wildman–Crippen LogP) is 1.95. The van der Waals surface area contributed by atoms with Crippen molar-refractivity contribution in [2.45, 2.75) is 13.5 Å². The Kier molecular flexibility index (Phi) is 3.04. The van der Waals surface area contributed by atoms with Crippen LogP contribution in [0.3, 0.4) is 0 Å². The highest BCUT2D eigenvalue weighted by Crippen LogP contribution is 2.20. The average Bonchev–Trinajstić information content (AvgIpc) is 2.68. The molecule has 0 saturated carbocycles. The second-order valence-electron chi connectivity index (χ2n) is 4.35. The normalized spacial score (nSPS) is 10.5. The zero-order valence-corrected chi connectivity index (χ0v) is 10.5. The van der Waals surface area contributed by atoms with Gasteiger partial charge in [0.1, 0.15) is 5.82 Å². The van der Waals surface area contributed by atoms with Gasteiger partial charge >= 0.3 is 0 Å². The fourth-order valence-corrected chi connectivity index (χ4v) is 1.72. The fraction of sp³-hybridized carbons (Fsp3) is 0.308. The van der Waals surface area contributed by atoms with Gasteiger partial charge in [-0.25, -0.2) is 4.98 Å². The number of rotatable bonds is 3. The van der Waals surface area contributed by atoms with Crippen molar-refractivity contribution in [3.63, 3.8) is 0 Å². The smallest absolute Gasteiger partial charge is 0.127 e. The molecular formula is C13H18N4. The summed E-state index contributed by atoms with van der Waals surface area (Å²) in [6, 6.07) is 6.12. The maximum absolute atomic E-state index is 5.91. The maximum atomic E-state index is 5.91. The molecule has 1 aromatic carbocycles. The Morgan fingerprint density at radius 2 is 2.18 bits per heavy atom. The largest absolute Gasteiger partial charge is 0.398 e. The van der Waals surface area contributed by atoms with E-state index in [1.165, 1.54) is 0 Å². The van der Waals surface area contributed by atoms with Gasteiger partial charge in [0.15, 0.2) is 0 Å². The third-order valence-electron chi connectivity index (χ3n) is 3.00. The van der Waals surface area contributed by atoms with Crippen molar-refractivity contribution >= 4 is 11.4 Å². The molecule has 0 saturated heterocycles. The maximum Gasteiger partial charge on any atom is 0.127 e. The van der Waals surface area contributed by atoms with Crippen molar-refractivity contribution in [2.24, 2.45) is 7.05 Å². The molecule has 2 aromatic rings. The summed E-state index contributed by atoms with van der Waals surface area (Å²) in [5.41, 5.74) is 8.96. The molecule has 1 heterocycles. The van der Waals surface area contributed by atoms with E-state index in [1.807, 2.05) is 50.1 Å². The lowest BCUT2D eigenvalue weighted by Gasteiger charge is -2.19. The summed E-state index contributed by atoms with van der Waals surface area (Å²) in [5.74, 6) is 1.03. The standard InChI is InChI=1S/C13H18N4/c1-10-4-5-11(8-12(10)14)17(3)9-13-15-6-7-16(13)2/h4-8H,9,14H2,1-3H3. The topological polar surface area (TPSA) is 47.1 Å². The first-order valence-corrected chi connectivity index (χ1v) is 5.61. The number of benzene rings is 1. The predicted molar refractivity (Wildman–Crippen MR) is 70.9 cm³/mol. The van der Waals surface area contributed by atoms with E-state index in [4.69, 9.17) is 5.73 Å². The number of nitrogens with zero attached hydrogens (tertiary/aromatic N) is 3. The highest BCUT2D eigenvalue weighted by Gasteiger charge is 2.06. The summed E-state index contributed by atoms with van der Waals surface area (Å²) in [6.45, 7) is 2.78. The summed E-state index contributed by atoms with van der Waals surface area (Å²) in [5, 5.41) is 0. The summed E-state index contributed by atoms with van der Waals surface area (Å²) in [4.78, 5) is 6.45. The molecule has 0 aliphatic carbocycles. The van der Waals surface area contributed by atoms with Gasteiger partial charge in [-0.05, 0) is 24.6 Å². The Morgan fingerprint density at radius 3 is 2.76 bits per heavy atom. The molecule has 4 nitrogen and oxygen atoms in total. The molecule has 90 valence electrons. The highest BCUT2D eigenvalue weighted by atomic mass is 15.2. The van der Waals surface area contributed by atoms with E-state index in [-0.39, 0.29) is 0 Å². The zero-order valence-electron chi connectivity index (χ0n) is 10.5. The SMILES string of the molecule is Cc1ccc(N(C)Cc2nccn2C)cc1N. The number of imidazole rings is 1. The molecule has 0 amide bonds. The summed E-state index contributed by atoms with van der Waals surface area (Å²) < 4.78 is 2.02. The molecule has 0 unspecified atom stereocenters. The van der Waals surface area contributed by atoms with Gasteiger partial charge in [-0.1, -0.05) is 6.07 Å². The van der Waals surface area contributed by atoms with Gasteiger partial charge in [-0.2, -0.15) is 0 Å². The number of nitrogen functional groups attached to an aromatic ring is 1. The molecule has 1 aromatic heterocycles. The van der Waals surface area contributed by atoms with Gasteiger partial charge in [-0.15, -0.1) is 0 Å². The van der Waals surface area contributed by atoms with E-state index >= 15 is 0 Å². The Morgan fingerprint density at radius 1 is 1.41 bits per heavy atom. The van der Waals surface area contributed by atoms with Crippen molar-refractivity contribution in [2.75, 3.05) is 17.7 Å². The Bertz CT molecular complexity index is 516. The Hall–Kier alpha value is -1.97. The lowest BCUT2D eigenvalue weighted by atomic mass is 10.2. The highest BCUT2D eigenvalue weighted by molar-refractivity contribution is 5.59. The Balaban J connectivity index is 2.17. The third-order valence-corrected chi connectivity index (χ3v) is 3.00. The van der Waals surface area contributed by atoms with E-state index in [9.17, 15) is 0 Å². The van der Waals surface area contributed by atoms with Crippen LogP contribution in [0, 0.1) is 6.92 Å².